The average Bonchev–Trinajstić information content (AvgIpc) is 2.61. The fourth-order valence-electron chi connectivity index (χ4n) is 2.05. The molecule has 2 amide bonds. The second-order valence-corrected chi connectivity index (χ2v) is 5.14. The van der Waals surface area contributed by atoms with Crippen LogP contribution in [0.2, 0.25) is 0 Å². The molecule has 2 rings (SSSR count). The number of nitrogens with one attached hydrogen (secondary N) is 2. The van der Waals surface area contributed by atoms with Crippen LogP contribution in [-0.2, 0) is 6.54 Å². The molecule has 4 N–H and O–H groups in total. The van der Waals surface area contributed by atoms with Crippen molar-refractivity contribution < 1.29 is 9.59 Å². The molecular formula is C18H21N3O2. The van der Waals surface area contributed by atoms with Crippen molar-refractivity contribution in [1.82, 2.24) is 10.6 Å². The van der Waals surface area contributed by atoms with E-state index < -0.39 is 0 Å². The Morgan fingerprint density at radius 2 is 1.43 bits per heavy atom. The number of hydrogen-bond acceptors (Lipinski definition) is 3. The van der Waals surface area contributed by atoms with Gasteiger partial charge in [0.1, 0.15) is 0 Å². The zero-order valence-electron chi connectivity index (χ0n) is 12.9. The monoisotopic (exact) mass is 311 g/mol. The van der Waals surface area contributed by atoms with Crippen molar-refractivity contribution in [3.05, 3.63) is 71.3 Å². The maximum absolute atomic E-state index is 12.0. The van der Waals surface area contributed by atoms with E-state index in [2.05, 4.69) is 10.6 Å². The Bertz CT molecular complexity index is 639. The summed E-state index contributed by atoms with van der Waals surface area (Å²) in [6.07, 6.45) is 0.759. The second-order valence-electron chi connectivity index (χ2n) is 5.14. The first-order valence-corrected chi connectivity index (χ1v) is 7.61. The van der Waals surface area contributed by atoms with E-state index in [0.29, 0.717) is 30.8 Å². The maximum Gasteiger partial charge on any atom is 0.251 e. The molecule has 120 valence electrons. The summed E-state index contributed by atoms with van der Waals surface area (Å²) < 4.78 is 0. The van der Waals surface area contributed by atoms with E-state index in [0.717, 1.165) is 12.0 Å². The van der Waals surface area contributed by atoms with Crippen LogP contribution >= 0.6 is 0 Å². The Hall–Kier alpha value is -2.66. The first-order chi connectivity index (χ1) is 11.2. The fraction of sp³-hybridized carbons (Fsp3) is 0.222. The number of benzene rings is 2. The molecule has 5 heteroatoms. The summed E-state index contributed by atoms with van der Waals surface area (Å²) in [4.78, 5) is 23.8. The molecule has 0 radical (unpaired) electrons. The normalized spacial score (nSPS) is 10.1. The fourth-order valence-corrected chi connectivity index (χ4v) is 2.05. The van der Waals surface area contributed by atoms with Gasteiger partial charge >= 0.3 is 0 Å². The van der Waals surface area contributed by atoms with Gasteiger partial charge in [0.05, 0.1) is 0 Å². The summed E-state index contributed by atoms with van der Waals surface area (Å²) in [5.74, 6) is -0.229. The van der Waals surface area contributed by atoms with Gasteiger partial charge in [0, 0.05) is 24.2 Å². The largest absolute Gasteiger partial charge is 0.352 e. The molecule has 0 unspecified atom stereocenters. The number of carbonyl (C=O) groups excluding carboxylic acids is 2. The third kappa shape index (κ3) is 5.23. The minimum absolute atomic E-state index is 0.113. The number of nitrogens with two attached hydrogens (primary N) is 1. The van der Waals surface area contributed by atoms with Crippen molar-refractivity contribution in [2.24, 2.45) is 5.73 Å². The van der Waals surface area contributed by atoms with Crippen LogP contribution in [0.1, 0.15) is 32.7 Å². The number of carbonyl (C=O) groups is 2. The highest BCUT2D eigenvalue weighted by Crippen LogP contribution is 2.05. The van der Waals surface area contributed by atoms with Gasteiger partial charge in [-0.25, -0.2) is 0 Å². The smallest absolute Gasteiger partial charge is 0.251 e. The molecule has 0 fully saturated rings. The van der Waals surface area contributed by atoms with Gasteiger partial charge < -0.3 is 16.4 Å². The van der Waals surface area contributed by atoms with E-state index in [9.17, 15) is 9.59 Å². The lowest BCUT2D eigenvalue weighted by Crippen LogP contribution is -2.26. The van der Waals surface area contributed by atoms with Crippen LogP contribution in [0.4, 0.5) is 0 Å². The lowest BCUT2D eigenvalue weighted by atomic mass is 10.1. The number of amides is 2. The lowest BCUT2D eigenvalue weighted by molar-refractivity contribution is 0.0943. The molecule has 23 heavy (non-hydrogen) atoms. The van der Waals surface area contributed by atoms with Crippen LogP contribution in [-0.4, -0.2) is 24.9 Å². The number of hydrogen-bond donors (Lipinski definition) is 3. The minimum atomic E-state index is -0.116. The first-order valence-electron chi connectivity index (χ1n) is 7.61. The van der Waals surface area contributed by atoms with E-state index in [-0.39, 0.29) is 11.8 Å². The van der Waals surface area contributed by atoms with Gasteiger partial charge in [-0.1, -0.05) is 30.3 Å². The zero-order valence-corrected chi connectivity index (χ0v) is 12.9. The zero-order chi connectivity index (χ0) is 16.5. The first kappa shape index (κ1) is 16.7. The third-order valence-corrected chi connectivity index (χ3v) is 3.37. The highest BCUT2D eigenvalue weighted by atomic mass is 16.2. The SMILES string of the molecule is NCCCNC(=O)c1ccc(CNC(=O)c2ccccc2)cc1. The molecule has 0 aromatic heterocycles. The molecule has 2 aromatic carbocycles. The van der Waals surface area contributed by atoms with Crippen molar-refractivity contribution in [3.8, 4) is 0 Å². The molecule has 0 aliphatic carbocycles. The lowest BCUT2D eigenvalue weighted by Gasteiger charge is -2.07. The van der Waals surface area contributed by atoms with E-state index in [4.69, 9.17) is 5.73 Å². The summed E-state index contributed by atoms with van der Waals surface area (Å²) in [6, 6.07) is 16.2. The Kier molecular flexibility index (Phi) is 6.32. The molecule has 0 atom stereocenters. The Morgan fingerprint density at radius 1 is 0.826 bits per heavy atom. The van der Waals surface area contributed by atoms with Crippen molar-refractivity contribution in [2.75, 3.05) is 13.1 Å². The second kappa shape index (κ2) is 8.70. The molecule has 0 aliphatic rings. The van der Waals surface area contributed by atoms with Crippen LogP contribution in [0.3, 0.4) is 0 Å². The van der Waals surface area contributed by atoms with Gasteiger partial charge in [-0.3, -0.25) is 9.59 Å². The van der Waals surface area contributed by atoms with Crippen molar-refractivity contribution >= 4 is 11.8 Å². The summed E-state index contributed by atoms with van der Waals surface area (Å²) >= 11 is 0. The minimum Gasteiger partial charge on any atom is -0.352 e. The van der Waals surface area contributed by atoms with Crippen LogP contribution in [0, 0.1) is 0 Å². The molecule has 0 aliphatic heterocycles. The summed E-state index contributed by atoms with van der Waals surface area (Å²) in [5, 5.41) is 5.65. The molecule has 0 heterocycles. The molecule has 0 spiro atoms. The van der Waals surface area contributed by atoms with Crippen molar-refractivity contribution in [3.63, 3.8) is 0 Å². The Morgan fingerprint density at radius 3 is 2.09 bits per heavy atom. The molecule has 0 saturated carbocycles. The highest BCUT2D eigenvalue weighted by Gasteiger charge is 2.06. The van der Waals surface area contributed by atoms with Gasteiger partial charge in [0.25, 0.3) is 11.8 Å². The highest BCUT2D eigenvalue weighted by molar-refractivity contribution is 5.94. The van der Waals surface area contributed by atoms with Gasteiger partial charge in [-0.15, -0.1) is 0 Å². The van der Waals surface area contributed by atoms with Gasteiger partial charge in [-0.2, -0.15) is 0 Å². The number of rotatable bonds is 7. The van der Waals surface area contributed by atoms with Crippen LogP contribution in [0.5, 0.6) is 0 Å². The summed E-state index contributed by atoms with van der Waals surface area (Å²) in [7, 11) is 0. The standard InChI is InChI=1S/C18H21N3O2/c19-11-4-12-20-17(22)16-9-7-14(8-10-16)13-21-18(23)15-5-2-1-3-6-15/h1-3,5-10H,4,11-13,19H2,(H,20,22)(H,21,23). The van der Waals surface area contributed by atoms with Gasteiger partial charge in [0.2, 0.25) is 0 Å². The van der Waals surface area contributed by atoms with Crippen LogP contribution < -0.4 is 16.4 Å². The topological polar surface area (TPSA) is 84.2 Å². The third-order valence-electron chi connectivity index (χ3n) is 3.37. The van der Waals surface area contributed by atoms with Crippen LogP contribution in [0.15, 0.2) is 54.6 Å². The Balaban J connectivity index is 1.85. The van der Waals surface area contributed by atoms with E-state index in [1.807, 2.05) is 30.3 Å². The predicted molar refractivity (Wildman–Crippen MR) is 90.1 cm³/mol. The summed E-state index contributed by atoms with van der Waals surface area (Å²) in [5.41, 5.74) is 7.55. The van der Waals surface area contributed by atoms with Gasteiger partial charge in [-0.05, 0) is 42.8 Å². The summed E-state index contributed by atoms with van der Waals surface area (Å²) in [6.45, 7) is 1.55. The average molecular weight is 311 g/mol. The maximum atomic E-state index is 12.0. The molecule has 2 aromatic rings. The molecule has 0 bridgehead atoms. The van der Waals surface area contributed by atoms with Crippen LogP contribution in [0.25, 0.3) is 0 Å². The quantitative estimate of drug-likeness (QED) is 0.680. The van der Waals surface area contributed by atoms with E-state index >= 15 is 0 Å². The predicted octanol–water partition coefficient (Wildman–Crippen LogP) is 1.70. The molecule has 5 nitrogen and oxygen atoms in total. The van der Waals surface area contributed by atoms with Crippen molar-refractivity contribution in [1.29, 1.82) is 0 Å². The van der Waals surface area contributed by atoms with Gasteiger partial charge in [0.15, 0.2) is 0 Å². The van der Waals surface area contributed by atoms with E-state index in [1.54, 1.807) is 24.3 Å². The van der Waals surface area contributed by atoms with E-state index in [1.165, 1.54) is 0 Å². The Labute approximate surface area is 135 Å². The molecule has 0 saturated heterocycles. The van der Waals surface area contributed by atoms with Crippen molar-refractivity contribution in [2.45, 2.75) is 13.0 Å². The molecular weight excluding hydrogens is 290 g/mol.